The second-order valence-electron chi connectivity index (χ2n) is 3.77. The highest BCUT2D eigenvalue weighted by atomic mass is 28.4. The molecule has 0 fully saturated rings. The monoisotopic (exact) mass is 158 g/mol. The van der Waals surface area contributed by atoms with Crippen LogP contribution in [0.3, 0.4) is 0 Å². The van der Waals surface area contributed by atoms with E-state index in [0.717, 1.165) is 0 Å². The summed E-state index contributed by atoms with van der Waals surface area (Å²) in [6.45, 7) is 12.6. The molecule has 60 valence electrons. The van der Waals surface area contributed by atoms with Crippen molar-refractivity contribution >= 4 is 8.32 Å². The lowest BCUT2D eigenvalue weighted by Gasteiger charge is -2.35. The average molecular weight is 158 g/mol. The number of hydrogen-bond acceptors (Lipinski definition) is 1. The van der Waals surface area contributed by atoms with E-state index in [9.17, 15) is 0 Å². The van der Waals surface area contributed by atoms with Gasteiger partial charge in [0.25, 0.3) is 0 Å². The molecule has 0 aliphatic heterocycles. The van der Waals surface area contributed by atoms with Gasteiger partial charge in [0.1, 0.15) is 0 Å². The molecular formula is C8H18OSi. The molecule has 0 radical (unpaired) electrons. The van der Waals surface area contributed by atoms with Crippen LogP contribution in [-0.2, 0) is 4.43 Å². The highest BCUT2D eigenvalue weighted by Crippen LogP contribution is 2.36. The van der Waals surface area contributed by atoms with Crippen molar-refractivity contribution in [3.05, 3.63) is 12.3 Å². The zero-order valence-corrected chi connectivity index (χ0v) is 8.69. The maximum Gasteiger partial charge on any atom is 0.218 e. The molecule has 0 N–H and O–H groups in total. The van der Waals surface area contributed by atoms with Crippen LogP contribution in [0.15, 0.2) is 12.3 Å². The van der Waals surface area contributed by atoms with E-state index in [1.807, 2.05) is 5.70 Å². The molecule has 0 aromatic carbocycles. The molecule has 0 rings (SSSR count). The third-order valence-electron chi connectivity index (χ3n) is 2.30. The van der Waals surface area contributed by atoms with E-state index in [-0.39, 0.29) is 5.04 Å². The van der Waals surface area contributed by atoms with Crippen LogP contribution in [0.1, 0.15) is 20.8 Å². The third kappa shape index (κ3) is 1.70. The molecule has 2 heteroatoms. The van der Waals surface area contributed by atoms with Gasteiger partial charge in [0.15, 0.2) is 0 Å². The Kier molecular flexibility index (Phi) is 2.86. The Labute approximate surface area is 65.2 Å². The standard InChI is InChI=1S/C8H18OSi/c1-7-10(6,9-5)8(2,3)4/h7H,1H2,2-6H3. The van der Waals surface area contributed by atoms with Gasteiger partial charge in [-0.15, -0.1) is 6.58 Å². The van der Waals surface area contributed by atoms with Gasteiger partial charge < -0.3 is 4.43 Å². The summed E-state index contributed by atoms with van der Waals surface area (Å²) in [6, 6.07) is 0. The van der Waals surface area contributed by atoms with Crippen LogP contribution >= 0.6 is 0 Å². The number of rotatable bonds is 2. The molecule has 0 aliphatic carbocycles. The summed E-state index contributed by atoms with van der Waals surface area (Å²) in [5.74, 6) is 0. The van der Waals surface area contributed by atoms with Gasteiger partial charge in [-0.25, -0.2) is 0 Å². The maximum absolute atomic E-state index is 5.47. The van der Waals surface area contributed by atoms with Crippen LogP contribution < -0.4 is 0 Å². The molecule has 1 nitrogen and oxygen atoms in total. The van der Waals surface area contributed by atoms with Crippen molar-refractivity contribution in [1.82, 2.24) is 0 Å². The largest absolute Gasteiger partial charge is 0.416 e. The second kappa shape index (κ2) is 2.89. The fraction of sp³-hybridized carbons (Fsp3) is 0.750. The highest BCUT2D eigenvalue weighted by molar-refractivity contribution is 6.80. The first-order valence-corrected chi connectivity index (χ1v) is 6.04. The van der Waals surface area contributed by atoms with E-state index < -0.39 is 8.32 Å². The minimum atomic E-state index is -1.64. The first kappa shape index (κ1) is 9.92. The highest BCUT2D eigenvalue weighted by Gasteiger charge is 2.37. The SMILES string of the molecule is C=C[Si](C)(OC)C(C)(C)C. The molecule has 0 aromatic heterocycles. The molecule has 1 unspecified atom stereocenters. The van der Waals surface area contributed by atoms with E-state index in [2.05, 4.69) is 33.9 Å². The summed E-state index contributed by atoms with van der Waals surface area (Å²) >= 11 is 0. The van der Waals surface area contributed by atoms with Crippen LogP contribution in [0.2, 0.25) is 11.6 Å². The lowest BCUT2D eigenvalue weighted by molar-refractivity contribution is 0.379. The Hall–Kier alpha value is -0.0831. The Morgan fingerprint density at radius 2 is 1.80 bits per heavy atom. The van der Waals surface area contributed by atoms with Crippen molar-refractivity contribution in [1.29, 1.82) is 0 Å². The van der Waals surface area contributed by atoms with Crippen molar-refractivity contribution in [2.45, 2.75) is 32.4 Å². The molecule has 0 aliphatic rings. The lowest BCUT2D eigenvalue weighted by Crippen LogP contribution is -2.41. The predicted molar refractivity (Wildman–Crippen MR) is 48.5 cm³/mol. The van der Waals surface area contributed by atoms with Crippen molar-refractivity contribution < 1.29 is 4.43 Å². The molecule has 0 bridgehead atoms. The molecule has 0 saturated heterocycles. The average Bonchev–Trinajstić information content (AvgIpc) is 1.84. The van der Waals surface area contributed by atoms with Gasteiger partial charge in [-0.3, -0.25) is 0 Å². The zero-order chi connectivity index (χ0) is 8.41. The number of hydrogen-bond donors (Lipinski definition) is 0. The third-order valence-corrected chi connectivity index (χ3v) is 6.91. The van der Waals surface area contributed by atoms with Crippen molar-refractivity contribution in [2.24, 2.45) is 0 Å². The van der Waals surface area contributed by atoms with Crippen LogP contribution in [0.5, 0.6) is 0 Å². The predicted octanol–water partition coefficient (Wildman–Crippen LogP) is 2.73. The Morgan fingerprint density at radius 3 is 1.80 bits per heavy atom. The summed E-state index contributed by atoms with van der Waals surface area (Å²) < 4.78 is 5.47. The molecular weight excluding hydrogens is 140 g/mol. The van der Waals surface area contributed by atoms with Crippen molar-refractivity contribution in [3.63, 3.8) is 0 Å². The maximum atomic E-state index is 5.47. The molecule has 10 heavy (non-hydrogen) atoms. The van der Waals surface area contributed by atoms with Crippen molar-refractivity contribution in [3.8, 4) is 0 Å². The van der Waals surface area contributed by atoms with Crippen molar-refractivity contribution in [2.75, 3.05) is 7.11 Å². The van der Waals surface area contributed by atoms with Gasteiger partial charge in [0, 0.05) is 7.11 Å². The first-order valence-electron chi connectivity index (χ1n) is 3.56. The topological polar surface area (TPSA) is 9.23 Å². The molecule has 0 aromatic rings. The minimum absolute atomic E-state index is 0.253. The zero-order valence-electron chi connectivity index (χ0n) is 7.69. The Morgan fingerprint density at radius 1 is 1.40 bits per heavy atom. The molecule has 0 amide bonds. The van der Waals surface area contributed by atoms with Crippen LogP contribution in [0.4, 0.5) is 0 Å². The fourth-order valence-corrected chi connectivity index (χ4v) is 2.09. The van der Waals surface area contributed by atoms with Gasteiger partial charge in [-0.2, -0.15) is 0 Å². The summed E-state index contributed by atoms with van der Waals surface area (Å²) in [4.78, 5) is 0. The smallest absolute Gasteiger partial charge is 0.218 e. The molecule has 1 atom stereocenters. The van der Waals surface area contributed by atoms with Crippen LogP contribution in [-0.4, -0.2) is 15.4 Å². The summed E-state index contributed by atoms with van der Waals surface area (Å²) in [5, 5.41) is 0.253. The first-order chi connectivity index (χ1) is 4.37. The van der Waals surface area contributed by atoms with E-state index >= 15 is 0 Å². The Balaban J connectivity index is 4.48. The quantitative estimate of drug-likeness (QED) is 0.561. The lowest BCUT2D eigenvalue weighted by atomic mass is 10.2. The van der Waals surface area contributed by atoms with Crippen LogP contribution in [0.25, 0.3) is 0 Å². The summed E-state index contributed by atoms with van der Waals surface area (Å²) in [5.41, 5.74) is 1.99. The van der Waals surface area contributed by atoms with Gasteiger partial charge in [0.2, 0.25) is 8.32 Å². The minimum Gasteiger partial charge on any atom is -0.416 e. The molecule has 0 spiro atoms. The second-order valence-corrected chi connectivity index (χ2v) is 8.30. The normalized spacial score (nSPS) is 18.1. The van der Waals surface area contributed by atoms with Gasteiger partial charge >= 0.3 is 0 Å². The van der Waals surface area contributed by atoms with E-state index in [1.54, 1.807) is 7.11 Å². The van der Waals surface area contributed by atoms with Crippen LogP contribution in [0, 0.1) is 0 Å². The fourth-order valence-electron chi connectivity index (χ4n) is 0.696. The molecule has 0 heterocycles. The van der Waals surface area contributed by atoms with E-state index in [1.165, 1.54) is 0 Å². The Bertz CT molecular complexity index is 126. The van der Waals surface area contributed by atoms with E-state index in [0.29, 0.717) is 0 Å². The van der Waals surface area contributed by atoms with Gasteiger partial charge in [-0.05, 0) is 11.6 Å². The van der Waals surface area contributed by atoms with E-state index in [4.69, 9.17) is 4.43 Å². The summed E-state index contributed by atoms with van der Waals surface area (Å²) in [7, 11) is 0.142. The summed E-state index contributed by atoms with van der Waals surface area (Å²) in [6.07, 6.45) is 0. The van der Waals surface area contributed by atoms with Gasteiger partial charge in [0.05, 0.1) is 0 Å². The molecule has 0 saturated carbocycles. The van der Waals surface area contributed by atoms with Gasteiger partial charge in [-0.1, -0.05) is 26.5 Å².